The highest BCUT2D eigenvalue weighted by atomic mass is 32.2. The molecule has 1 amide bonds. The number of fused-ring (bicyclic) bond motifs is 1. The van der Waals surface area contributed by atoms with E-state index in [4.69, 9.17) is 5.10 Å². The summed E-state index contributed by atoms with van der Waals surface area (Å²) in [6.45, 7) is 0. The zero-order chi connectivity index (χ0) is 25.2. The minimum absolute atomic E-state index is 0.121. The van der Waals surface area contributed by atoms with E-state index in [2.05, 4.69) is 45.9 Å². The van der Waals surface area contributed by atoms with Crippen LogP contribution in [-0.2, 0) is 4.79 Å². The van der Waals surface area contributed by atoms with Crippen LogP contribution in [0.25, 0.3) is 16.5 Å². The number of aromatic nitrogens is 4. The molecule has 1 aliphatic rings. The van der Waals surface area contributed by atoms with E-state index in [1.807, 2.05) is 42.5 Å². The molecular formula is C28H22N6O2S. The summed E-state index contributed by atoms with van der Waals surface area (Å²) in [7, 11) is 0. The van der Waals surface area contributed by atoms with Crippen molar-refractivity contribution in [3.63, 3.8) is 0 Å². The number of hydrogen-bond acceptors (Lipinski definition) is 7. The summed E-state index contributed by atoms with van der Waals surface area (Å²) in [5.74, 6) is 0.146. The Balaban J connectivity index is 1.26. The molecule has 0 fully saturated rings. The number of nitrogens with zero attached hydrogens (tertiary/aromatic N) is 6. The molecule has 1 atom stereocenters. The van der Waals surface area contributed by atoms with Crippen LogP contribution in [0.5, 0.6) is 5.75 Å². The first-order chi connectivity index (χ1) is 18.2. The van der Waals surface area contributed by atoms with Crippen LogP contribution in [0.1, 0.15) is 23.6 Å². The molecule has 9 heteroatoms. The van der Waals surface area contributed by atoms with Gasteiger partial charge in [-0.05, 0) is 62.7 Å². The summed E-state index contributed by atoms with van der Waals surface area (Å²) in [6.07, 6.45) is 0.629. The molecule has 37 heavy (non-hydrogen) atoms. The van der Waals surface area contributed by atoms with Crippen LogP contribution in [0.2, 0.25) is 0 Å². The first kappa shape index (κ1) is 22.9. The molecule has 0 spiro atoms. The number of phenols is 1. The van der Waals surface area contributed by atoms with Gasteiger partial charge in [-0.2, -0.15) is 9.78 Å². The smallest absolute Gasteiger partial charge is 0.253 e. The summed E-state index contributed by atoms with van der Waals surface area (Å²) < 4.78 is 1.54. The monoisotopic (exact) mass is 506 g/mol. The summed E-state index contributed by atoms with van der Waals surface area (Å²) >= 11 is 1.25. The second-order valence-electron chi connectivity index (χ2n) is 8.66. The predicted molar refractivity (Wildman–Crippen MR) is 143 cm³/mol. The molecule has 4 aromatic carbocycles. The Morgan fingerprint density at radius 1 is 0.919 bits per heavy atom. The number of tetrazole rings is 1. The topological polar surface area (TPSA) is 96.5 Å². The minimum Gasteiger partial charge on any atom is -0.508 e. The van der Waals surface area contributed by atoms with Gasteiger partial charge >= 0.3 is 0 Å². The Kier molecular flexibility index (Phi) is 6.11. The third kappa shape index (κ3) is 4.68. The maximum Gasteiger partial charge on any atom is 0.253 e. The zero-order valence-corrected chi connectivity index (χ0v) is 20.5. The van der Waals surface area contributed by atoms with Crippen molar-refractivity contribution in [1.82, 2.24) is 25.2 Å². The number of hydrazone groups is 1. The summed E-state index contributed by atoms with van der Waals surface area (Å²) in [6, 6.07) is 30.8. The largest absolute Gasteiger partial charge is 0.508 e. The highest BCUT2D eigenvalue weighted by Crippen LogP contribution is 2.34. The van der Waals surface area contributed by atoms with E-state index in [-0.39, 0.29) is 23.5 Å². The van der Waals surface area contributed by atoms with Crippen molar-refractivity contribution in [3.05, 3.63) is 108 Å². The Morgan fingerprint density at radius 2 is 1.68 bits per heavy atom. The molecule has 0 saturated carbocycles. The number of aromatic hydroxyl groups is 1. The fraction of sp³-hybridized carbons (Fsp3) is 0.107. The highest BCUT2D eigenvalue weighted by Gasteiger charge is 2.33. The number of thioether (sulfide) groups is 1. The first-order valence-corrected chi connectivity index (χ1v) is 12.8. The second-order valence-corrected chi connectivity index (χ2v) is 9.60. The van der Waals surface area contributed by atoms with E-state index in [0.29, 0.717) is 17.3 Å². The standard InChI is InChI=1S/C28H22N6O2S/c35-24-14-12-23(13-15-24)33-28(29-31-32-33)37-18-27(36)34-26(20-7-2-1-3-8-20)17-25(30-34)22-11-10-19-6-4-5-9-21(19)16-22/h1-16,26,35H,17-18H2/t26-/m0/s1. The van der Waals surface area contributed by atoms with Gasteiger partial charge in [0.1, 0.15) is 5.75 Å². The lowest BCUT2D eigenvalue weighted by molar-refractivity contribution is -0.130. The lowest BCUT2D eigenvalue weighted by Crippen LogP contribution is -2.28. The number of benzene rings is 4. The number of carbonyl (C=O) groups excluding carboxylic acids is 1. The van der Waals surface area contributed by atoms with Gasteiger partial charge in [0, 0.05) is 6.42 Å². The highest BCUT2D eigenvalue weighted by molar-refractivity contribution is 7.99. The number of phenolic OH excluding ortho intramolecular Hbond substituents is 1. The van der Waals surface area contributed by atoms with E-state index >= 15 is 0 Å². The molecule has 0 unspecified atom stereocenters. The fourth-order valence-corrected chi connectivity index (χ4v) is 5.18. The molecule has 182 valence electrons. The maximum absolute atomic E-state index is 13.5. The second kappa shape index (κ2) is 9.87. The van der Waals surface area contributed by atoms with Gasteiger partial charge in [-0.1, -0.05) is 78.5 Å². The molecule has 0 saturated heterocycles. The van der Waals surface area contributed by atoms with Crippen LogP contribution in [0.15, 0.2) is 107 Å². The normalized spacial score (nSPS) is 15.2. The van der Waals surface area contributed by atoms with E-state index in [0.717, 1.165) is 22.2 Å². The van der Waals surface area contributed by atoms with Crippen molar-refractivity contribution in [3.8, 4) is 11.4 Å². The van der Waals surface area contributed by atoms with Crippen molar-refractivity contribution >= 4 is 34.2 Å². The third-order valence-corrected chi connectivity index (χ3v) is 7.20. The Bertz CT molecular complexity index is 1600. The molecular weight excluding hydrogens is 484 g/mol. The molecule has 0 aliphatic carbocycles. The van der Waals surface area contributed by atoms with Crippen molar-refractivity contribution < 1.29 is 9.90 Å². The van der Waals surface area contributed by atoms with Crippen molar-refractivity contribution in [1.29, 1.82) is 0 Å². The van der Waals surface area contributed by atoms with Gasteiger partial charge in [-0.15, -0.1) is 5.10 Å². The Labute approximate surface area is 217 Å². The van der Waals surface area contributed by atoms with Gasteiger partial charge in [-0.25, -0.2) is 5.01 Å². The maximum atomic E-state index is 13.5. The van der Waals surface area contributed by atoms with E-state index in [1.165, 1.54) is 17.1 Å². The predicted octanol–water partition coefficient (Wildman–Crippen LogP) is 4.99. The van der Waals surface area contributed by atoms with Crippen molar-refractivity contribution in [2.45, 2.75) is 17.6 Å². The summed E-state index contributed by atoms with van der Waals surface area (Å²) in [5, 5.41) is 30.6. The Morgan fingerprint density at radius 3 is 2.49 bits per heavy atom. The van der Waals surface area contributed by atoms with Gasteiger partial charge in [0.15, 0.2) is 0 Å². The molecule has 1 aliphatic heterocycles. The van der Waals surface area contributed by atoms with E-state index in [9.17, 15) is 9.90 Å². The van der Waals surface area contributed by atoms with Crippen LogP contribution in [-0.4, -0.2) is 47.7 Å². The van der Waals surface area contributed by atoms with Gasteiger partial charge < -0.3 is 5.11 Å². The molecule has 5 aromatic rings. The molecule has 0 bridgehead atoms. The molecule has 1 N–H and O–H groups in total. The Hall–Kier alpha value is -4.50. The van der Waals surface area contributed by atoms with Crippen LogP contribution >= 0.6 is 11.8 Å². The third-order valence-electron chi connectivity index (χ3n) is 6.29. The van der Waals surface area contributed by atoms with E-state index in [1.54, 1.807) is 34.0 Å². The van der Waals surface area contributed by atoms with Crippen molar-refractivity contribution in [2.24, 2.45) is 5.10 Å². The van der Waals surface area contributed by atoms with Crippen LogP contribution in [0.4, 0.5) is 0 Å². The zero-order valence-electron chi connectivity index (χ0n) is 19.7. The van der Waals surface area contributed by atoms with Crippen LogP contribution in [0.3, 0.4) is 0 Å². The van der Waals surface area contributed by atoms with Gasteiger partial charge in [0.2, 0.25) is 5.16 Å². The molecule has 0 radical (unpaired) electrons. The van der Waals surface area contributed by atoms with Crippen LogP contribution < -0.4 is 0 Å². The minimum atomic E-state index is -0.191. The molecule has 2 heterocycles. The molecule has 1 aromatic heterocycles. The van der Waals surface area contributed by atoms with E-state index < -0.39 is 0 Å². The molecule has 6 rings (SSSR count). The lowest BCUT2D eigenvalue weighted by Gasteiger charge is -2.21. The van der Waals surface area contributed by atoms with Gasteiger partial charge in [0.05, 0.1) is 23.2 Å². The van der Waals surface area contributed by atoms with Gasteiger partial charge in [0.25, 0.3) is 5.91 Å². The number of carbonyl (C=O) groups is 1. The van der Waals surface area contributed by atoms with Gasteiger partial charge in [-0.3, -0.25) is 4.79 Å². The summed E-state index contributed by atoms with van der Waals surface area (Å²) in [5.41, 5.74) is 3.62. The SMILES string of the molecule is O=C(CSc1nnnn1-c1ccc(O)cc1)N1N=C(c2ccc3ccccc3c2)C[C@H]1c1ccccc1. The average Bonchev–Trinajstić information content (AvgIpc) is 3.60. The first-order valence-electron chi connectivity index (χ1n) is 11.8. The van der Waals surface area contributed by atoms with Crippen LogP contribution in [0, 0.1) is 0 Å². The summed E-state index contributed by atoms with van der Waals surface area (Å²) in [4.78, 5) is 13.5. The number of rotatable bonds is 6. The number of hydrogen-bond donors (Lipinski definition) is 1. The lowest BCUT2D eigenvalue weighted by atomic mass is 9.97. The average molecular weight is 507 g/mol. The molecule has 8 nitrogen and oxygen atoms in total. The van der Waals surface area contributed by atoms with Crippen molar-refractivity contribution in [2.75, 3.05) is 5.75 Å². The fourth-order valence-electron chi connectivity index (χ4n) is 4.44. The number of amides is 1. The quantitative estimate of drug-likeness (QED) is 0.326.